The van der Waals surface area contributed by atoms with Crippen molar-refractivity contribution in [2.24, 2.45) is 0 Å². The molecule has 0 aliphatic rings. The van der Waals surface area contributed by atoms with Crippen molar-refractivity contribution in [2.75, 3.05) is 0 Å². The maximum Gasteiger partial charge on any atom is 0.318 e. The quantitative estimate of drug-likeness (QED) is 0.440. The molecule has 0 aliphatic carbocycles. The Morgan fingerprint density at radius 3 is 2.00 bits per heavy atom. The Hall–Kier alpha value is -1.40. The highest BCUT2D eigenvalue weighted by Crippen LogP contribution is 1.73. The van der Waals surface area contributed by atoms with Crippen molar-refractivity contribution in [2.45, 2.75) is 0 Å². The number of hydrogen-bond donors (Lipinski definition) is 1. The Morgan fingerprint density at radius 1 is 1.29 bits per heavy atom. The standard InChI is InChI=1S/C5H5N.C2H2ClNO3S/c1-2-4-6-5-3-1;3-2(5)4-1-8(6)7/h1-5H;1H,(H,4,5). The minimum absolute atomic E-state index is 0.551. The van der Waals surface area contributed by atoms with Crippen LogP contribution in [0.3, 0.4) is 0 Å². The van der Waals surface area contributed by atoms with Gasteiger partial charge < -0.3 is 5.32 Å². The summed E-state index contributed by atoms with van der Waals surface area (Å²) in [5, 5.41) is 0.812. The molecule has 1 aromatic heterocycles. The van der Waals surface area contributed by atoms with Gasteiger partial charge in [-0.2, -0.15) is 8.42 Å². The number of rotatable bonds is 1. The largest absolute Gasteiger partial charge is 0.318 e. The fraction of sp³-hybridized carbons (Fsp3) is 0. The van der Waals surface area contributed by atoms with Gasteiger partial charge in [0.15, 0.2) is 0 Å². The topological polar surface area (TPSA) is 76.1 Å². The molecule has 76 valence electrons. The van der Waals surface area contributed by atoms with Crippen molar-refractivity contribution >= 4 is 32.8 Å². The number of carbonyl (C=O) groups is 1. The average molecular weight is 235 g/mol. The number of aromatic nitrogens is 1. The lowest BCUT2D eigenvalue weighted by Gasteiger charge is -1.78. The van der Waals surface area contributed by atoms with Gasteiger partial charge in [-0.15, -0.1) is 0 Å². The molecule has 0 radical (unpaired) electrons. The van der Waals surface area contributed by atoms with Gasteiger partial charge in [0, 0.05) is 12.4 Å². The van der Waals surface area contributed by atoms with Gasteiger partial charge >= 0.3 is 5.37 Å². The van der Waals surface area contributed by atoms with E-state index in [0.29, 0.717) is 5.49 Å². The molecule has 1 rings (SSSR count). The van der Waals surface area contributed by atoms with Crippen LogP contribution in [0.1, 0.15) is 0 Å². The van der Waals surface area contributed by atoms with Crippen LogP contribution in [0.15, 0.2) is 30.6 Å². The minimum Gasteiger partial charge on any atom is -0.306 e. The van der Waals surface area contributed by atoms with Crippen LogP contribution in [0.4, 0.5) is 4.79 Å². The molecule has 5 nitrogen and oxygen atoms in total. The summed E-state index contributed by atoms with van der Waals surface area (Å²) >= 11 is 4.67. The van der Waals surface area contributed by atoms with Crippen LogP contribution in [0, 0.1) is 0 Å². The van der Waals surface area contributed by atoms with Crippen LogP contribution < -0.4 is 5.32 Å². The van der Waals surface area contributed by atoms with E-state index in [4.69, 9.17) is 0 Å². The van der Waals surface area contributed by atoms with Gasteiger partial charge in [0.2, 0.25) is 10.3 Å². The smallest absolute Gasteiger partial charge is 0.306 e. The Kier molecular flexibility index (Phi) is 7.39. The van der Waals surface area contributed by atoms with Crippen LogP contribution in [0.2, 0.25) is 0 Å². The van der Waals surface area contributed by atoms with E-state index >= 15 is 0 Å². The molecule has 0 unspecified atom stereocenters. The lowest BCUT2D eigenvalue weighted by Crippen LogP contribution is -2.13. The number of halogens is 1. The Labute approximate surface area is 87.3 Å². The van der Waals surface area contributed by atoms with Gasteiger partial charge in [-0.3, -0.25) is 9.78 Å². The van der Waals surface area contributed by atoms with E-state index < -0.39 is 15.7 Å². The molecule has 0 aromatic carbocycles. The van der Waals surface area contributed by atoms with Crippen molar-refractivity contribution < 1.29 is 13.2 Å². The van der Waals surface area contributed by atoms with E-state index in [2.05, 4.69) is 16.6 Å². The monoisotopic (exact) mass is 234 g/mol. The van der Waals surface area contributed by atoms with Crippen LogP contribution in [-0.4, -0.2) is 24.3 Å². The van der Waals surface area contributed by atoms with E-state index in [1.54, 1.807) is 17.7 Å². The molecule has 0 saturated carbocycles. The molecule has 1 N–H and O–H groups in total. The number of nitrogens with zero attached hydrogens (tertiary/aromatic N) is 1. The maximum atomic E-state index is 9.70. The number of carbonyl (C=O) groups excluding carboxylic acids is 1. The first-order valence-electron chi connectivity index (χ1n) is 3.35. The summed E-state index contributed by atoms with van der Waals surface area (Å²) in [6.07, 6.45) is 3.50. The molecular weight excluding hydrogens is 228 g/mol. The van der Waals surface area contributed by atoms with Gasteiger partial charge in [0.05, 0.1) is 0 Å². The van der Waals surface area contributed by atoms with Crippen molar-refractivity contribution in [3.05, 3.63) is 30.6 Å². The summed E-state index contributed by atoms with van der Waals surface area (Å²) in [5.74, 6) is 0. The fourth-order valence-corrected chi connectivity index (χ4v) is 0.730. The van der Waals surface area contributed by atoms with Crippen LogP contribution in [0.25, 0.3) is 0 Å². The first kappa shape index (κ1) is 12.6. The molecule has 1 aromatic rings. The van der Waals surface area contributed by atoms with Crippen molar-refractivity contribution in [1.29, 1.82) is 0 Å². The Morgan fingerprint density at radius 2 is 1.86 bits per heavy atom. The predicted molar refractivity (Wildman–Crippen MR) is 53.6 cm³/mol. The maximum absolute atomic E-state index is 9.70. The first-order chi connectivity index (χ1) is 6.63. The van der Waals surface area contributed by atoms with E-state index in [1.165, 1.54) is 0 Å². The molecule has 7 heteroatoms. The van der Waals surface area contributed by atoms with Crippen LogP contribution in [0.5, 0.6) is 0 Å². The molecule has 0 saturated heterocycles. The lowest BCUT2D eigenvalue weighted by molar-refractivity contribution is 0.263. The number of hydrogen-bond acceptors (Lipinski definition) is 4. The van der Waals surface area contributed by atoms with Crippen molar-refractivity contribution in [1.82, 2.24) is 10.3 Å². The third kappa shape index (κ3) is 10.6. The van der Waals surface area contributed by atoms with Crippen LogP contribution >= 0.6 is 11.6 Å². The highest BCUT2D eigenvalue weighted by molar-refractivity contribution is 7.71. The molecule has 0 fully saturated rings. The van der Waals surface area contributed by atoms with Gasteiger partial charge in [0.1, 0.15) is 5.49 Å². The van der Waals surface area contributed by atoms with Gasteiger partial charge in [-0.1, -0.05) is 6.07 Å². The van der Waals surface area contributed by atoms with Gasteiger partial charge in [0.25, 0.3) is 0 Å². The van der Waals surface area contributed by atoms with E-state index in [1.807, 2.05) is 18.2 Å². The third-order valence-corrected chi connectivity index (χ3v) is 1.25. The average Bonchev–Trinajstić information content (AvgIpc) is 2.18. The normalized spacial score (nSPS) is 7.79. The zero-order valence-electron chi connectivity index (χ0n) is 6.92. The highest BCUT2D eigenvalue weighted by Gasteiger charge is 1.84. The number of amides is 1. The fourth-order valence-electron chi connectivity index (χ4n) is 0.407. The van der Waals surface area contributed by atoms with Crippen molar-refractivity contribution in [3.8, 4) is 0 Å². The number of pyridine rings is 1. The summed E-state index contributed by atoms with van der Waals surface area (Å²) < 4.78 is 19.1. The molecule has 0 atom stereocenters. The SMILES string of the molecule is O=C(Cl)NC=S(=O)=O.c1ccncc1. The predicted octanol–water partition coefficient (Wildman–Crippen LogP) is 0.655. The third-order valence-electron chi connectivity index (χ3n) is 0.835. The lowest BCUT2D eigenvalue weighted by atomic mass is 10.5. The van der Waals surface area contributed by atoms with E-state index in [0.717, 1.165) is 0 Å². The second-order valence-electron chi connectivity index (χ2n) is 1.82. The summed E-state index contributed by atoms with van der Waals surface area (Å²) in [6, 6.07) is 5.72. The van der Waals surface area contributed by atoms with Crippen LogP contribution in [-0.2, 0) is 10.3 Å². The first-order valence-corrected chi connectivity index (χ1v) is 4.87. The molecule has 0 bridgehead atoms. The molecule has 1 amide bonds. The van der Waals surface area contributed by atoms with Crippen molar-refractivity contribution in [3.63, 3.8) is 0 Å². The molecule has 0 aliphatic heterocycles. The Balaban J connectivity index is 0.000000249. The van der Waals surface area contributed by atoms with E-state index in [-0.39, 0.29) is 0 Å². The van der Waals surface area contributed by atoms with Gasteiger partial charge in [-0.05, 0) is 23.7 Å². The molecular formula is C7H7ClN2O3S. The summed E-state index contributed by atoms with van der Waals surface area (Å²) in [4.78, 5) is 13.5. The van der Waals surface area contributed by atoms with E-state index in [9.17, 15) is 13.2 Å². The minimum atomic E-state index is -2.38. The second kappa shape index (κ2) is 8.21. The summed E-state index contributed by atoms with van der Waals surface area (Å²) in [7, 11) is -2.38. The zero-order chi connectivity index (χ0) is 10.8. The molecule has 1 heterocycles. The number of nitrogens with one attached hydrogen (secondary N) is 1. The second-order valence-corrected chi connectivity index (χ2v) is 2.92. The zero-order valence-corrected chi connectivity index (χ0v) is 8.49. The Bertz CT molecular complexity index is 356. The summed E-state index contributed by atoms with van der Waals surface area (Å²) in [6.45, 7) is 0. The highest BCUT2D eigenvalue weighted by atomic mass is 35.5. The molecule has 0 spiro atoms. The summed E-state index contributed by atoms with van der Waals surface area (Å²) in [5.41, 5.74) is 0.551. The molecule has 14 heavy (non-hydrogen) atoms. The van der Waals surface area contributed by atoms with Gasteiger partial charge in [-0.25, -0.2) is 0 Å².